The Hall–Kier alpha value is -2.30. The lowest BCUT2D eigenvalue weighted by Gasteiger charge is -2.14. The summed E-state index contributed by atoms with van der Waals surface area (Å²) in [7, 11) is 0. The number of pyridine rings is 1. The normalized spacial score (nSPS) is 10.6. The van der Waals surface area contributed by atoms with Gasteiger partial charge in [0.2, 0.25) is 5.43 Å². The lowest BCUT2D eigenvalue weighted by atomic mass is 10.1. The van der Waals surface area contributed by atoms with Crippen LogP contribution in [-0.4, -0.2) is 23.8 Å². The fourth-order valence-electron chi connectivity index (χ4n) is 2.30. The van der Waals surface area contributed by atoms with Gasteiger partial charge >= 0.3 is 5.97 Å². The van der Waals surface area contributed by atoms with Crippen LogP contribution in [0.1, 0.15) is 31.1 Å². The Bertz CT molecular complexity index is 718. The SMILES string of the molecule is CCOC(=O)c1cn(CC)c2c(OCC)cccc2c1=O. The first-order valence-corrected chi connectivity index (χ1v) is 7.10. The van der Waals surface area contributed by atoms with E-state index in [1.165, 1.54) is 0 Å². The number of benzene rings is 1. The summed E-state index contributed by atoms with van der Waals surface area (Å²) in [6.07, 6.45) is 1.55. The number of rotatable bonds is 5. The zero-order valence-electron chi connectivity index (χ0n) is 12.5. The molecule has 0 fully saturated rings. The molecule has 0 saturated heterocycles. The van der Waals surface area contributed by atoms with Gasteiger partial charge in [-0.3, -0.25) is 4.79 Å². The molecule has 21 heavy (non-hydrogen) atoms. The third-order valence-corrected chi connectivity index (χ3v) is 3.20. The van der Waals surface area contributed by atoms with Gasteiger partial charge < -0.3 is 14.0 Å². The van der Waals surface area contributed by atoms with Crippen LogP contribution < -0.4 is 10.2 Å². The minimum absolute atomic E-state index is 0.0554. The predicted octanol–water partition coefficient (Wildman–Crippen LogP) is 2.60. The quantitative estimate of drug-likeness (QED) is 0.794. The maximum Gasteiger partial charge on any atom is 0.343 e. The maximum atomic E-state index is 12.5. The summed E-state index contributed by atoms with van der Waals surface area (Å²) >= 11 is 0. The highest BCUT2D eigenvalue weighted by molar-refractivity contribution is 5.95. The van der Waals surface area contributed by atoms with E-state index in [9.17, 15) is 9.59 Å². The van der Waals surface area contributed by atoms with Crippen molar-refractivity contribution >= 4 is 16.9 Å². The van der Waals surface area contributed by atoms with Crippen molar-refractivity contribution in [3.63, 3.8) is 0 Å². The van der Waals surface area contributed by atoms with Crippen LogP contribution in [-0.2, 0) is 11.3 Å². The Morgan fingerprint density at radius 3 is 2.57 bits per heavy atom. The van der Waals surface area contributed by atoms with Crippen LogP contribution >= 0.6 is 0 Å². The first-order valence-electron chi connectivity index (χ1n) is 7.10. The number of hydrogen-bond acceptors (Lipinski definition) is 4. The average Bonchev–Trinajstić information content (AvgIpc) is 2.49. The van der Waals surface area contributed by atoms with Gasteiger partial charge in [-0.25, -0.2) is 4.79 Å². The van der Waals surface area contributed by atoms with E-state index in [1.54, 1.807) is 25.3 Å². The number of aromatic nitrogens is 1. The highest BCUT2D eigenvalue weighted by Crippen LogP contribution is 2.24. The molecule has 0 unspecified atom stereocenters. The Morgan fingerprint density at radius 1 is 1.19 bits per heavy atom. The van der Waals surface area contributed by atoms with E-state index in [1.807, 2.05) is 24.5 Å². The fourth-order valence-corrected chi connectivity index (χ4v) is 2.30. The summed E-state index contributed by atoms with van der Waals surface area (Å²) in [4.78, 5) is 24.4. The number of carbonyl (C=O) groups excluding carboxylic acids is 1. The molecule has 112 valence electrons. The van der Waals surface area contributed by atoms with Gasteiger partial charge in [-0.05, 0) is 32.9 Å². The summed E-state index contributed by atoms with van der Waals surface area (Å²) in [6.45, 7) is 6.91. The molecule has 0 aliphatic carbocycles. The zero-order valence-corrected chi connectivity index (χ0v) is 12.5. The third-order valence-electron chi connectivity index (χ3n) is 3.20. The molecule has 0 amide bonds. The van der Waals surface area contributed by atoms with E-state index in [0.29, 0.717) is 29.8 Å². The molecule has 1 aromatic heterocycles. The molecule has 5 nitrogen and oxygen atoms in total. The second kappa shape index (κ2) is 6.43. The zero-order chi connectivity index (χ0) is 15.4. The van der Waals surface area contributed by atoms with Gasteiger partial charge in [-0.1, -0.05) is 6.07 Å². The number of fused-ring (bicyclic) bond motifs is 1. The van der Waals surface area contributed by atoms with E-state index in [4.69, 9.17) is 9.47 Å². The van der Waals surface area contributed by atoms with Crippen molar-refractivity contribution in [1.29, 1.82) is 0 Å². The molecule has 1 aromatic carbocycles. The molecule has 5 heteroatoms. The Balaban J connectivity index is 2.76. The monoisotopic (exact) mass is 289 g/mol. The standard InChI is InChI=1S/C16H19NO4/c1-4-17-10-12(16(19)21-6-3)15(18)11-8-7-9-13(14(11)17)20-5-2/h7-10H,4-6H2,1-3H3. The molecule has 0 bridgehead atoms. The van der Waals surface area contributed by atoms with Crippen LogP contribution in [0.4, 0.5) is 0 Å². The van der Waals surface area contributed by atoms with Crippen molar-refractivity contribution in [3.8, 4) is 5.75 Å². The summed E-state index contributed by atoms with van der Waals surface area (Å²) in [5, 5.41) is 0.466. The van der Waals surface area contributed by atoms with Crippen molar-refractivity contribution in [2.45, 2.75) is 27.3 Å². The average molecular weight is 289 g/mol. The molecule has 0 atom stereocenters. The first kappa shape index (κ1) is 15.1. The van der Waals surface area contributed by atoms with Gasteiger partial charge in [0.05, 0.1) is 24.1 Å². The first-order chi connectivity index (χ1) is 10.1. The van der Waals surface area contributed by atoms with Gasteiger partial charge in [0.25, 0.3) is 0 Å². The summed E-state index contributed by atoms with van der Waals surface area (Å²) in [6, 6.07) is 5.28. The van der Waals surface area contributed by atoms with Gasteiger partial charge in [-0.2, -0.15) is 0 Å². The third kappa shape index (κ3) is 2.77. The minimum Gasteiger partial charge on any atom is -0.492 e. The minimum atomic E-state index is -0.589. The summed E-state index contributed by atoms with van der Waals surface area (Å²) in [5.41, 5.74) is 0.439. The van der Waals surface area contributed by atoms with Crippen molar-refractivity contribution in [2.24, 2.45) is 0 Å². The van der Waals surface area contributed by atoms with Crippen LogP contribution in [0, 0.1) is 0 Å². The van der Waals surface area contributed by atoms with Gasteiger partial charge in [-0.15, -0.1) is 0 Å². The van der Waals surface area contributed by atoms with Crippen molar-refractivity contribution in [1.82, 2.24) is 4.57 Å². The molecule has 1 heterocycles. The highest BCUT2D eigenvalue weighted by atomic mass is 16.5. The molecule has 0 radical (unpaired) electrons. The Morgan fingerprint density at radius 2 is 1.95 bits per heavy atom. The number of esters is 1. The molecule has 0 aliphatic heterocycles. The summed E-state index contributed by atoms with van der Waals surface area (Å²) in [5.74, 6) is 0.0535. The number of carbonyl (C=O) groups is 1. The second-order valence-corrected chi connectivity index (χ2v) is 4.46. The van der Waals surface area contributed by atoms with E-state index in [2.05, 4.69) is 0 Å². The summed E-state index contributed by atoms with van der Waals surface area (Å²) < 4.78 is 12.4. The van der Waals surface area contributed by atoms with Gasteiger partial charge in [0.1, 0.15) is 11.3 Å². The van der Waals surface area contributed by atoms with Crippen molar-refractivity contribution in [3.05, 3.63) is 40.2 Å². The van der Waals surface area contributed by atoms with E-state index >= 15 is 0 Å². The Kier molecular flexibility index (Phi) is 4.62. The molecular weight excluding hydrogens is 270 g/mol. The Labute approximate surface area is 123 Å². The topological polar surface area (TPSA) is 57.5 Å². The van der Waals surface area contributed by atoms with Gasteiger partial charge in [0.15, 0.2) is 0 Å². The van der Waals surface area contributed by atoms with Crippen LogP contribution in [0.3, 0.4) is 0 Å². The highest BCUT2D eigenvalue weighted by Gasteiger charge is 2.18. The van der Waals surface area contributed by atoms with Crippen LogP contribution in [0.5, 0.6) is 5.75 Å². The molecular formula is C16H19NO4. The lowest BCUT2D eigenvalue weighted by Crippen LogP contribution is -2.21. The maximum absolute atomic E-state index is 12.5. The smallest absolute Gasteiger partial charge is 0.343 e. The van der Waals surface area contributed by atoms with Crippen molar-refractivity contribution < 1.29 is 14.3 Å². The fraction of sp³-hybridized carbons (Fsp3) is 0.375. The molecule has 0 aliphatic rings. The lowest BCUT2D eigenvalue weighted by molar-refractivity contribution is 0.0524. The van der Waals surface area contributed by atoms with E-state index in [-0.39, 0.29) is 17.6 Å². The number of nitrogens with zero attached hydrogens (tertiary/aromatic N) is 1. The molecule has 0 N–H and O–H groups in total. The van der Waals surface area contributed by atoms with Gasteiger partial charge in [0, 0.05) is 12.7 Å². The number of para-hydroxylation sites is 1. The van der Waals surface area contributed by atoms with Crippen LogP contribution in [0.25, 0.3) is 10.9 Å². The number of aryl methyl sites for hydroxylation is 1. The second-order valence-electron chi connectivity index (χ2n) is 4.46. The van der Waals surface area contributed by atoms with E-state index < -0.39 is 5.97 Å². The molecule has 2 aromatic rings. The molecule has 0 saturated carbocycles. The largest absolute Gasteiger partial charge is 0.492 e. The molecule has 2 rings (SSSR count). The van der Waals surface area contributed by atoms with Crippen LogP contribution in [0.15, 0.2) is 29.2 Å². The molecule has 0 spiro atoms. The van der Waals surface area contributed by atoms with Crippen LogP contribution in [0.2, 0.25) is 0 Å². The number of ether oxygens (including phenoxy) is 2. The number of hydrogen-bond donors (Lipinski definition) is 0. The van der Waals surface area contributed by atoms with E-state index in [0.717, 1.165) is 0 Å². The van der Waals surface area contributed by atoms with Crippen molar-refractivity contribution in [2.75, 3.05) is 13.2 Å². The predicted molar refractivity (Wildman–Crippen MR) is 81.0 cm³/mol.